The average Bonchev–Trinajstić information content (AvgIpc) is 2.65. The second-order valence-electron chi connectivity index (χ2n) is 7.48. The van der Waals surface area contributed by atoms with Gasteiger partial charge in [0, 0.05) is 32.3 Å². The molecule has 7 nitrogen and oxygen atoms in total. The highest BCUT2D eigenvalue weighted by Gasteiger charge is 2.35. The van der Waals surface area contributed by atoms with Gasteiger partial charge in [0.15, 0.2) is 0 Å². The van der Waals surface area contributed by atoms with Gasteiger partial charge in [0.05, 0.1) is 12.1 Å². The highest BCUT2D eigenvalue weighted by atomic mass is 16.3. The van der Waals surface area contributed by atoms with Crippen LogP contribution in [0.1, 0.15) is 18.4 Å². The van der Waals surface area contributed by atoms with Gasteiger partial charge < -0.3 is 24.9 Å². The maximum atomic E-state index is 12.5. The normalized spacial score (nSPS) is 19.6. The minimum absolute atomic E-state index is 0.0297. The number of nitrogens with zero attached hydrogens (tertiary/aromatic N) is 3. The van der Waals surface area contributed by atoms with Gasteiger partial charge >= 0.3 is 0 Å². The monoisotopic (exact) mass is 391 g/mol. The first-order chi connectivity index (χ1) is 13.3. The van der Waals surface area contributed by atoms with E-state index in [2.05, 4.69) is 9.80 Å². The van der Waals surface area contributed by atoms with E-state index in [1.807, 2.05) is 57.6 Å². The van der Waals surface area contributed by atoms with Crippen LogP contribution in [-0.2, 0) is 9.59 Å². The van der Waals surface area contributed by atoms with Crippen LogP contribution in [0.4, 0.5) is 0 Å². The van der Waals surface area contributed by atoms with Crippen molar-refractivity contribution in [3.63, 3.8) is 0 Å². The molecule has 1 aromatic rings. The molecular formula is C21H33N3O4. The van der Waals surface area contributed by atoms with Gasteiger partial charge in [0.25, 0.3) is 6.47 Å². The minimum Gasteiger partial charge on any atom is -0.483 e. The molecule has 2 rings (SSSR count). The highest BCUT2D eigenvalue weighted by molar-refractivity contribution is 5.91. The number of hydrogen-bond acceptors (Lipinski definition) is 5. The molecule has 1 aliphatic heterocycles. The molecule has 1 aromatic carbocycles. The first-order valence-electron chi connectivity index (χ1n) is 9.45. The summed E-state index contributed by atoms with van der Waals surface area (Å²) < 4.78 is 0. The summed E-state index contributed by atoms with van der Waals surface area (Å²) in [5.74, 6) is -0.0297. The van der Waals surface area contributed by atoms with E-state index < -0.39 is 5.60 Å². The van der Waals surface area contributed by atoms with E-state index in [0.29, 0.717) is 19.6 Å². The first-order valence-corrected chi connectivity index (χ1v) is 9.45. The summed E-state index contributed by atoms with van der Waals surface area (Å²) in [6.07, 6.45) is 5.02. The quantitative estimate of drug-likeness (QED) is 0.538. The van der Waals surface area contributed by atoms with Crippen molar-refractivity contribution >= 4 is 18.5 Å². The van der Waals surface area contributed by atoms with Crippen molar-refractivity contribution in [3.8, 4) is 0 Å². The summed E-state index contributed by atoms with van der Waals surface area (Å²) in [5, 5.41) is 17.8. The van der Waals surface area contributed by atoms with Crippen LogP contribution >= 0.6 is 0 Å². The van der Waals surface area contributed by atoms with Crippen LogP contribution in [0.3, 0.4) is 0 Å². The topological polar surface area (TPSA) is 84.3 Å². The molecule has 1 aliphatic rings. The number of hydrogen-bond donors (Lipinski definition) is 2. The maximum absolute atomic E-state index is 12.5. The van der Waals surface area contributed by atoms with Crippen LogP contribution in [0.15, 0.2) is 36.4 Å². The molecule has 2 N–H and O–H groups in total. The molecule has 7 heteroatoms. The van der Waals surface area contributed by atoms with Crippen molar-refractivity contribution in [2.75, 3.05) is 53.9 Å². The number of likely N-dealkylation sites (N-methyl/N-ethyl adjacent to an activating group) is 2. The number of benzene rings is 1. The molecule has 0 saturated carbocycles. The molecule has 1 amide bonds. The second-order valence-corrected chi connectivity index (χ2v) is 7.48. The van der Waals surface area contributed by atoms with Gasteiger partial charge in [-0.25, -0.2) is 0 Å². The average molecular weight is 392 g/mol. The Hall–Kier alpha value is -2.22. The third-order valence-corrected chi connectivity index (χ3v) is 4.58. The van der Waals surface area contributed by atoms with E-state index in [9.17, 15) is 9.90 Å². The van der Waals surface area contributed by atoms with Crippen molar-refractivity contribution in [3.05, 3.63) is 42.0 Å². The van der Waals surface area contributed by atoms with Crippen molar-refractivity contribution in [1.29, 1.82) is 0 Å². The zero-order valence-electron chi connectivity index (χ0n) is 17.1. The third-order valence-electron chi connectivity index (χ3n) is 4.58. The summed E-state index contributed by atoms with van der Waals surface area (Å²) in [4.78, 5) is 26.9. The fourth-order valence-electron chi connectivity index (χ4n) is 3.22. The summed E-state index contributed by atoms with van der Waals surface area (Å²) in [6.45, 7) is 3.30. The Morgan fingerprint density at radius 3 is 2.46 bits per heavy atom. The van der Waals surface area contributed by atoms with E-state index in [0.717, 1.165) is 31.5 Å². The minimum atomic E-state index is -0.824. The van der Waals surface area contributed by atoms with E-state index in [1.165, 1.54) is 0 Å². The molecule has 1 atom stereocenters. The summed E-state index contributed by atoms with van der Waals surface area (Å²) in [7, 11) is 6.11. The molecule has 0 radical (unpaired) electrons. The Labute approximate surface area is 167 Å². The molecule has 0 spiro atoms. The number of carbonyl (C=O) groups excluding carboxylic acids is 1. The third kappa shape index (κ3) is 9.12. The summed E-state index contributed by atoms with van der Waals surface area (Å²) >= 11 is 0. The van der Waals surface area contributed by atoms with Gasteiger partial charge in [-0.15, -0.1) is 0 Å². The van der Waals surface area contributed by atoms with Crippen LogP contribution in [-0.4, -0.2) is 96.8 Å². The van der Waals surface area contributed by atoms with Gasteiger partial charge in [-0.3, -0.25) is 9.59 Å². The highest BCUT2D eigenvalue weighted by Crippen LogP contribution is 2.22. The van der Waals surface area contributed by atoms with Crippen LogP contribution in [0.25, 0.3) is 6.08 Å². The summed E-state index contributed by atoms with van der Waals surface area (Å²) in [6, 6.07) is 9.80. The predicted molar refractivity (Wildman–Crippen MR) is 111 cm³/mol. The van der Waals surface area contributed by atoms with Crippen molar-refractivity contribution in [1.82, 2.24) is 14.7 Å². The zero-order chi connectivity index (χ0) is 21.0. The van der Waals surface area contributed by atoms with E-state index in [1.54, 1.807) is 11.0 Å². The standard InChI is InChI=1S/C20H31N3O2.CH2O2/c1-21(2)14-15-22(3)16-20(25)12-7-13-23(17-20)19(24)11-10-18-8-5-4-6-9-18;2-1-3/h4-6,8-11,25H,7,12-17H2,1-3H3;1H,(H,2,3). The molecule has 156 valence electrons. The Balaban J connectivity index is 0.00000122. The van der Waals surface area contributed by atoms with E-state index in [4.69, 9.17) is 9.90 Å². The van der Waals surface area contributed by atoms with Gasteiger partial charge in [-0.05, 0) is 45.6 Å². The number of likely N-dealkylation sites (tertiary alicyclic amines) is 1. The fraction of sp³-hybridized carbons (Fsp3) is 0.524. The van der Waals surface area contributed by atoms with Gasteiger partial charge in [0.2, 0.25) is 5.91 Å². The zero-order valence-corrected chi connectivity index (χ0v) is 17.1. The van der Waals surface area contributed by atoms with Crippen LogP contribution < -0.4 is 0 Å². The lowest BCUT2D eigenvalue weighted by Gasteiger charge is -2.41. The maximum Gasteiger partial charge on any atom is 0.290 e. The molecule has 1 unspecified atom stereocenters. The fourth-order valence-corrected chi connectivity index (χ4v) is 3.22. The molecular weight excluding hydrogens is 358 g/mol. The van der Waals surface area contributed by atoms with Gasteiger partial charge in [-0.1, -0.05) is 30.3 Å². The lowest BCUT2D eigenvalue weighted by atomic mass is 9.92. The molecule has 0 aromatic heterocycles. The number of β-amino-alcohol motifs (C(OH)–C–C–N with tert-alkyl or cyclic N) is 1. The van der Waals surface area contributed by atoms with Crippen molar-refractivity contribution < 1.29 is 19.8 Å². The molecule has 1 heterocycles. The smallest absolute Gasteiger partial charge is 0.290 e. The molecule has 28 heavy (non-hydrogen) atoms. The van der Waals surface area contributed by atoms with E-state index >= 15 is 0 Å². The number of carbonyl (C=O) groups is 2. The number of aliphatic hydroxyl groups is 1. The molecule has 1 fully saturated rings. The Morgan fingerprint density at radius 1 is 1.21 bits per heavy atom. The van der Waals surface area contributed by atoms with Gasteiger partial charge in [0.1, 0.15) is 0 Å². The largest absolute Gasteiger partial charge is 0.483 e. The Bertz CT molecular complexity index is 621. The van der Waals surface area contributed by atoms with Crippen LogP contribution in [0.2, 0.25) is 0 Å². The van der Waals surface area contributed by atoms with Crippen LogP contribution in [0.5, 0.6) is 0 Å². The lowest BCUT2D eigenvalue weighted by molar-refractivity contribution is -0.134. The lowest BCUT2D eigenvalue weighted by Crippen LogP contribution is -2.55. The number of carboxylic acid groups (broad SMARTS) is 1. The van der Waals surface area contributed by atoms with Crippen LogP contribution in [0, 0.1) is 0 Å². The Kier molecular flexibility index (Phi) is 10.4. The molecule has 1 saturated heterocycles. The second kappa shape index (κ2) is 12.3. The molecule has 0 aliphatic carbocycles. The predicted octanol–water partition coefficient (Wildman–Crippen LogP) is 1.25. The van der Waals surface area contributed by atoms with E-state index in [-0.39, 0.29) is 12.4 Å². The Morgan fingerprint density at radius 2 is 1.86 bits per heavy atom. The number of piperidine rings is 1. The SMILES string of the molecule is CN(C)CCN(C)CC1(O)CCCN(C(=O)C=Cc2ccccc2)C1.O=CO. The summed E-state index contributed by atoms with van der Waals surface area (Å²) in [5.41, 5.74) is 0.182. The van der Waals surface area contributed by atoms with Crippen molar-refractivity contribution in [2.45, 2.75) is 18.4 Å². The molecule has 0 bridgehead atoms. The number of rotatable bonds is 7. The van der Waals surface area contributed by atoms with Gasteiger partial charge in [-0.2, -0.15) is 0 Å². The van der Waals surface area contributed by atoms with Crippen molar-refractivity contribution in [2.24, 2.45) is 0 Å². The first kappa shape index (κ1) is 23.8. The number of amides is 1.